The molecule has 0 aliphatic heterocycles. The highest BCUT2D eigenvalue weighted by Crippen LogP contribution is 2.26. The van der Waals surface area contributed by atoms with Crippen LogP contribution in [0.3, 0.4) is 0 Å². The Balaban J connectivity index is 2.34. The van der Waals surface area contributed by atoms with Gasteiger partial charge in [0.1, 0.15) is 5.75 Å². The van der Waals surface area contributed by atoms with E-state index in [0.717, 1.165) is 16.7 Å². The first-order valence-electron chi connectivity index (χ1n) is 6.76. The lowest BCUT2D eigenvalue weighted by molar-refractivity contribution is -0.115. The second-order valence-corrected chi connectivity index (χ2v) is 6.61. The minimum Gasteiger partial charge on any atom is -0.369 e. The number of primary amides is 1. The number of aryl methyl sites for hydroxylation is 2. The van der Waals surface area contributed by atoms with Crippen LogP contribution in [0.15, 0.2) is 42.5 Å². The molecule has 0 heterocycles. The van der Waals surface area contributed by atoms with E-state index in [1.165, 1.54) is 11.1 Å². The predicted octanol–water partition coefficient (Wildman–Crippen LogP) is 2.70. The van der Waals surface area contributed by atoms with E-state index in [9.17, 15) is 9.00 Å². The third kappa shape index (κ3) is 4.02. The van der Waals surface area contributed by atoms with Crippen LogP contribution in [-0.2, 0) is 21.3 Å². The summed E-state index contributed by atoms with van der Waals surface area (Å²) in [5.74, 6) is -0.287. The van der Waals surface area contributed by atoms with Crippen molar-refractivity contribution in [2.75, 3.05) is 5.75 Å². The molecule has 4 heteroatoms. The minimum atomic E-state index is -1.27. The summed E-state index contributed by atoms with van der Waals surface area (Å²) in [7, 11) is -1.27. The van der Waals surface area contributed by atoms with E-state index in [2.05, 4.69) is 32.0 Å². The highest BCUT2D eigenvalue weighted by atomic mass is 32.2. The quantitative estimate of drug-likeness (QED) is 0.923. The molecule has 110 valence electrons. The van der Waals surface area contributed by atoms with Gasteiger partial charge in [0.2, 0.25) is 5.91 Å². The summed E-state index contributed by atoms with van der Waals surface area (Å²) >= 11 is 0. The smallest absolute Gasteiger partial charge is 0.230 e. The first-order chi connectivity index (χ1) is 9.97. The molecule has 1 atom stereocenters. The Morgan fingerprint density at radius 3 is 2.48 bits per heavy atom. The van der Waals surface area contributed by atoms with Crippen LogP contribution < -0.4 is 5.73 Å². The standard InChI is InChI=1S/C17H19NO2S/c1-12-7-8-14(9-13(12)2)16-6-4-3-5-15(16)10-21(20)11-17(18)19/h3-9H,10-11H2,1-2H3,(H2,18,19)/t21-/m1/s1. The van der Waals surface area contributed by atoms with E-state index in [0.29, 0.717) is 5.75 Å². The van der Waals surface area contributed by atoms with Crippen molar-refractivity contribution in [3.63, 3.8) is 0 Å². The summed E-state index contributed by atoms with van der Waals surface area (Å²) in [5, 5.41) is 0. The van der Waals surface area contributed by atoms with Crippen LogP contribution in [0.5, 0.6) is 0 Å². The van der Waals surface area contributed by atoms with Gasteiger partial charge in [-0.1, -0.05) is 42.5 Å². The molecule has 0 aliphatic rings. The molecular weight excluding hydrogens is 282 g/mol. The summed E-state index contributed by atoms with van der Waals surface area (Å²) in [6, 6.07) is 14.1. The first kappa shape index (κ1) is 15.4. The van der Waals surface area contributed by atoms with Crippen LogP contribution >= 0.6 is 0 Å². The third-order valence-electron chi connectivity index (χ3n) is 3.46. The fourth-order valence-corrected chi connectivity index (χ4v) is 3.24. The van der Waals surface area contributed by atoms with Gasteiger partial charge in [-0.3, -0.25) is 9.00 Å². The summed E-state index contributed by atoms with van der Waals surface area (Å²) in [6.45, 7) is 4.15. The van der Waals surface area contributed by atoms with Crippen molar-refractivity contribution >= 4 is 16.7 Å². The Morgan fingerprint density at radius 2 is 1.81 bits per heavy atom. The van der Waals surface area contributed by atoms with Crippen molar-refractivity contribution in [3.8, 4) is 11.1 Å². The first-order valence-corrected chi connectivity index (χ1v) is 8.25. The van der Waals surface area contributed by atoms with E-state index < -0.39 is 16.7 Å². The zero-order chi connectivity index (χ0) is 15.4. The number of hydrogen-bond donors (Lipinski definition) is 1. The van der Waals surface area contributed by atoms with Crippen LogP contribution in [0.1, 0.15) is 16.7 Å². The zero-order valence-electron chi connectivity index (χ0n) is 12.3. The maximum Gasteiger partial charge on any atom is 0.230 e. The van der Waals surface area contributed by atoms with Crippen LogP contribution in [0.4, 0.5) is 0 Å². The van der Waals surface area contributed by atoms with Crippen LogP contribution in [-0.4, -0.2) is 15.9 Å². The highest BCUT2D eigenvalue weighted by Gasteiger charge is 2.10. The van der Waals surface area contributed by atoms with Gasteiger partial charge in [-0.25, -0.2) is 0 Å². The van der Waals surface area contributed by atoms with E-state index >= 15 is 0 Å². The molecule has 2 aromatic rings. The predicted molar refractivity (Wildman–Crippen MR) is 87.3 cm³/mol. The SMILES string of the molecule is Cc1ccc(-c2ccccc2C[S@@](=O)CC(N)=O)cc1C. The maximum atomic E-state index is 11.9. The third-order valence-corrected chi connectivity index (χ3v) is 4.69. The van der Waals surface area contributed by atoms with Gasteiger partial charge < -0.3 is 5.73 Å². The van der Waals surface area contributed by atoms with Gasteiger partial charge in [0.15, 0.2) is 0 Å². The summed E-state index contributed by atoms with van der Waals surface area (Å²) in [4.78, 5) is 10.9. The summed E-state index contributed by atoms with van der Waals surface area (Å²) in [5.41, 5.74) is 10.7. The molecule has 3 nitrogen and oxygen atoms in total. The Hall–Kier alpha value is -1.94. The van der Waals surface area contributed by atoms with Crippen molar-refractivity contribution in [1.29, 1.82) is 0 Å². The normalized spacial score (nSPS) is 12.1. The van der Waals surface area contributed by atoms with Crippen LogP contribution in [0.2, 0.25) is 0 Å². The van der Waals surface area contributed by atoms with Crippen molar-refractivity contribution < 1.29 is 9.00 Å². The van der Waals surface area contributed by atoms with Gasteiger partial charge in [0.25, 0.3) is 0 Å². The number of carbonyl (C=O) groups is 1. The van der Waals surface area contributed by atoms with Gasteiger partial charge in [0.05, 0.1) is 0 Å². The van der Waals surface area contributed by atoms with Gasteiger partial charge in [0, 0.05) is 16.6 Å². The topological polar surface area (TPSA) is 60.2 Å². The lowest BCUT2D eigenvalue weighted by Crippen LogP contribution is -2.20. The lowest BCUT2D eigenvalue weighted by Gasteiger charge is -2.11. The molecule has 2 N–H and O–H groups in total. The number of carbonyl (C=O) groups excluding carboxylic acids is 1. The second-order valence-electron chi connectivity index (χ2n) is 5.15. The average molecular weight is 301 g/mol. The van der Waals surface area contributed by atoms with Gasteiger partial charge in [-0.05, 0) is 41.7 Å². The molecule has 0 aromatic heterocycles. The second kappa shape index (κ2) is 6.68. The number of hydrogen-bond acceptors (Lipinski definition) is 2. The minimum absolute atomic E-state index is 0.0960. The number of rotatable bonds is 5. The zero-order valence-corrected chi connectivity index (χ0v) is 13.1. The van der Waals surface area contributed by atoms with Crippen molar-refractivity contribution in [1.82, 2.24) is 0 Å². The molecule has 21 heavy (non-hydrogen) atoms. The van der Waals surface area contributed by atoms with Crippen LogP contribution in [0, 0.1) is 13.8 Å². The summed E-state index contributed by atoms with van der Waals surface area (Å²) < 4.78 is 11.9. The van der Waals surface area contributed by atoms with Crippen molar-refractivity contribution in [2.24, 2.45) is 5.73 Å². The van der Waals surface area contributed by atoms with E-state index in [1.807, 2.05) is 24.3 Å². The van der Waals surface area contributed by atoms with E-state index in [4.69, 9.17) is 5.73 Å². The molecule has 0 radical (unpaired) electrons. The number of benzene rings is 2. The fourth-order valence-electron chi connectivity index (χ4n) is 2.22. The molecule has 0 aliphatic carbocycles. The van der Waals surface area contributed by atoms with Crippen molar-refractivity contribution in [2.45, 2.75) is 19.6 Å². The Bertz CT molecular complexity index is 695. The highest BCUT2D eigenvalue weighted by molar-refractivity contribution is 7.84. The number of amides is 1. The maximum absolute atomic E-state index is 11.9. The molecule has 0 saturated carbocycles. The van der Waals surface area contributed by atoms with E-state index in [1.54, 1.807) is 0 Å². The monoisotopic (exact) mass is 301 g/mol. The van der Waals surface area contributed by atoms with Gasteiger partial charge in [-0.15, -0.1) is 0 Å². The molecule has 0 saturated heterocycles. The Morgan fingerprint density at radius 1 is 1.10 bits per heavy atom. The van der Waals surface area contributed by atoms with Crippen molar-refractivity contribution in [3.05, 3.63) is 59.2 Å². The molecule has 0 fully saturated rings. The molecule has 0 spiro atoms. The summed E-state index contributed by atoms with van der Waals surface area (Å²) in [6.07, 6.45) is 0. The molecule has 1 amide bonds. The number of nitrogens with two attached hydrogens (primary N) is 1. The fraction of sp³-hybridized carbons (Fsp3) is 0.235. The van der Waals surface area contributed by atoms with Gasteiger partial charge in [-0.2, -0.15) is 0 Å². The lowest BCUT2D eigenvalue weighted by atomic mass is 9.97. The average Bonchev–Trinajstić information content (AvgIpc) is 2.41. The molecule has 2 aromatic carbocycles. The van der Waals surface area contributed by atoms with E-state index in [-0.39, 0.29) is 5.75 Å². The Labute approximate surface area is 127 Å². The molecule has 0 unspecified atom stereocenters. The van der Waals surface area contributed by atoms with Crippen LogP contribution in [0.25, 0.3) is 11.1 Å². The molecule has 2 rings (SSSR count). The largest absolute Gasteiger partial charge is 0.369 e. The molecule has 0 bridgehead atoms. The Kier molecular flexibility index (Phi) is 4.91. The molecular formula is C17H19NO2S. The van der Waals surface area contributed by atoms with Gasteiger partial charge >= 0.3 is 0 Å².